The van der Waals surface area contributed by atoms with E-state index >= 15 is 0 Å². The maximum Gasteiger partial charge on any atom is 0.396 e. The first kappa shape index (κ1) is 19.5. The Morgan fingerprint density at radius 1 is 0.931 bits per heavy atom. The number of ether oxygens (including phenoxy) is 2. The van der Waals surface area contributed by atoms with Gasteiger partial charge in [-0.15, -0.1) is 0 Å². The number of halogens is 2. The van der Waals surface area contributed by atoms with E-state index in [0.717, 1.165) is 16.9 Å². The highest BCUT2D eigenvalue weighted by atomic mass is 35.5. The van der Waals surface area contributed by atoms with Gasteiger partial charge in [-0.05, 0) is 48.0 Å². The molecule has 0 radical (unpaired) electrons. The second kappa shape index (κ2) is 8.29. The monoisotopic (exact) mass is 446 g/mol. The van der Waals surface area contributed by atoms with Crippen LogP contribution in [-0.2, 0) is 4.79 Å². The van der Waals surface area contributed by atoms with E-state index in [4.69, 9.17) is 37.1 Å². The molecule has 0 saturated heterocycles. The molecule has 0 atom stereocenters. The van der Waals surface area contributed by atoms with E-state index in [-0.39, 0.29) is 12.4 Å². The molecule has 146 valence electrons. The van der Waals surface area contributed by atoms with E-state index in [1.165, 1.54) is 0 Å². The Morgan fingerprint density at radius 3 is 2.28 bits per heavy atom. The van der Waals surface area contributed by atoms with Crippen LogP contribution in [0.3, 0.4) is 0 Å². The van der Waals surface area contributed by atoms with E-state index in [0.29, 0.717) is 31.6 Å². The van der Waals surface area contributed by atoms with Crippen molar-refractivity contribution < 1.29 is 18.7 Å². The van der Waals surface area contributed by atoms with Crippen LogP contribution in [0, 0.1) is 0 Å². The lowest BCUT2D eigenvalue weighted by atomic mass is 10.0. The van der Waals surface area contributed by atoms with Crippen molar-refractivity contribution in [3.8, 4) is 22.6 Å². The summed E-state index contributed by atoms with van der Waals surface area (Å²) in [6.45, 7) is -0.280. The molecular weight excluding hydrogens is 435 g/mol. The molecule has 0 unspecified atom stereocenters. The molecule has 0 amide bonds. The van der Waals surface area contributed by atoms with Crippen LogP contribution in [0.5, 0.6) is 11.5 Å². The largest absolute Gasteiger partial charge is 0.482 e. The van der Waals surface area contributed by atoms with E-state index in [9.17, 15) is 9.59 Å². The van der Waals surface area contributed by atoms with Gasteiger partial charge in [0.15, 0.2) is 12.2 Å². The number of benzene rings is 3. The van der Waals surface area contributed by atoms with Crippen molar-refractivity contribution in [1.82, 2.24) is 0 Å². The lowest BCUT2D eigenvalue weighted by molar-refractivity contribution is -0.136. The summed E-state index contributed by atoms with van der Waals surface area (Å²) in [6.07, 6.45) is 0. The lowest BCUT2D eigenvalue weighted by Gasteiger charge is -2.09. The molecule has 8 heteroatoms. The quantitative estimate of drug-likeness (QED) is 0.285. The summed E-state index contributed by atoms with van der Waals surface area (Å²) in [7, 11) is 0. The van der Waals surface area contributed by atoms with Crippen molar-refractivity contribution in [2.75, 3.05) is 6.61 Å². The van der Waals surface area contributed by atoms with E-state index in [2.05, 4.69) is 0 Å². The van der Waals surface area contributed by atoms with Crippen LogP contribution >= 0.6 is 34.5 Å². The average molecular weight is 447 g/mol. The second-order valence-electron chi connectivity index (χ2n) is 5.98. The highest BCUT2D eigenvalue weighted by molar-refractivity contribution is 7.16. The third-order valence-corrected chi connectivity index (χ3v) is 5.24. The number of carbonyl (C=O) groups excluding carboxylic acids is 1. The molecule has 0 bridgehead atoms. The number of hydrogen-bond acceptors (Lipinski definition) is 6. The molecule has 4 rings (SSSR count). The van der Waals surface area contributed by atoms with Crippen LogP contribution in [0.2, 0.25) is 10.0 Å². The van der Waals surface area contributed by atoms with Crippen molar-refractivity contribution in [2.45, 2.75) is 0 Å². The zero-order chi connectivity index (χ0) is 20.4. The fraction of sp³-hybridized carbons (Fsp3) is 0.0476. The van der Waals surface area contributed by atoms with E-state index < -0.39 is 10.9 Å². The smallest absolute Gasteiger partial charge is 0.396 e. The van der Waals surface area contributed by atoms with Gasteiger partial charge in [-0.1, -0.05) is 46.7 Å². The predicted octanol–water partition coefficient (Wildman–Crippen LogP) is 5.81. The molecular formula is C21H12Cl2O5S. The van der Waals surface area contributed by atoms with Gasteiger partial charge in [0, 0.05) is 21.7 Å². The van der Waals surface area contributed by atoms with Gasteiger partial charge in [-0.3, -0.25) is 0 Å². The Morgan fingerprint density at radius 2 is 1.59 bits per heavy atom. The molecule has 0 N–H and O–H groups in total. The van der Waals surface area contributed by atoms with Crippen molar-refractivity contribution >= 4 is 50.8 Å². The summed E-state index contributed by atoms with van der Waals surface area (Å²) in [5, 5.41) is 1.15. The summed E-state index contributed by atoms with van der Waals surface area (Å²) >= 11 is 12.7. The Labute approximate surface area is 179 Å². The third-order valence-electron chi connectivity index (χ3n) is 3.96. The zero-order valence-electron chi connectivity index (χ0n) is 14.7. The van der Waals surface area contributed by atoms with E-state index in [1.54, 1.807) is 60.7 Å². The van der Waals surface area contributed by atoms with Gasteiger partial charge in [-0.2, -0.15) is 0 Å². The summed E-state index contributed by atoms with van der Waals surface area (Å²) in [6, 6.07) is 16.9. The number of rotatable bonds is 5. The minimum absolute atomic E-state index is 0.280. The van der Waals surface area contributed by atoms with Gasteiger partial charge >= 0.3 is 10.9 Å². The molecule has 0 spiro atoms. The summed E-state index contributed by atoms with van der Waals surface area (Å²) in [4.78, 5) is 23.5. The van der Waals surface area contributed by atoms with E-state index in [1.807, 2.05) is 0 Å². The molecule has 0 saturated carbocycles. The first-order chi connectivity index (χ1) is 14.0. The van der Waals surface area contributed by atoms with Crippen LogP contribution in [0.15, 0.2) is 69.9 Å². The fourth-order valence-corrected chi connectivity index (χ4v) is 3.66. The average Bonchev–Trinajstić information content (AvgIpc) is 3.08. The minimum atomic E-state index is -0.586. The Hall–Kier alpha value is -2.80. The van der Waals surface area contributed by atoms with Crippen LogP contribution < -0.4 is 14.4 Å². The maximum atomic E-state index is 12.2. The van der Waals surface area contributed by atoms with Gasteiger partial charge in [0.05, 0.1) is 4.70 Å². The Bertz CT molecular complexity index is 1230. The highest BCUT2D eigenvalue weighted by Gasteiger charge is 2.15. The summed E-state index contributed by atoms with van der Waals surface area (Å²) in [5.74, 6) is 0.193. The number of esters is 1. The molecule has 5 nitrogen and oxygen atoms in total. The van der Waals surface area contributed by atoms with Gasteiger partial charge in [0.2, 0.25) is 0 Å². The molecule has 0 aliphatic carbocycles. The highest BCUT2D eigenvalue weighted by Crippen LogP contribution is 2.35. The van der Waals surface area contributed by atoms with Crippen molar-refractivity contribution in [1.29, 1.82) is 0 Å². The number of hydrogen-bond donors (Lipinski definition) is 0. The molecule has 1 aromatic heterocycles. The van der Waals surface area contributed by atoms with Gasteiger partial charge in [0.25, 0.3) is 0 Å². The first-order valence-electron chi connectivity index (χ1n) is 8.40. The first-order valence-corrected chi connectivity index (χ1v) is 9.98. The Balaban J connectivity index is 1.58. The SMILES string of the molecule is O=C(COc1ccc(Cl)cc1)Oc1cc(-c2ccc(Cl)cc2)c2oc(=O)sc2c1. The fourth-order valence-electron chi connectivity index (χ4n) is 2.69. The van der Waals surface area contributed by atoms with Gasteiger partial charge < -0.3 is 13.9 Å². The van der Waals surface area contributed by atoms with Gasteiger partial charge in [0.1, 0.15) is 11.5 Å². The molecule has 4 aromatic rings. The normalized spacial score (nSPS) is 10.8. The van der Waals surface area contributed by atoms with Gasteiger partial charge in [-0.25, -0.2) is 9.59 Å². The summed E-state index contributed by atoms with van der Waals surface area (Å²) < 4.78 is 16.7. The minimum Gasteiger partial charge on any atom is -0.482 e. The number of fused-ring (bicyclic) bond motifs is 1. The predicted molar refractivity (Wildman–Crippen MR) is 113 cm³/mol. The molecule has 0 aliphatic rings. The second-order valence-corrected chi connectivity index (χ2v) is 7.83. The standard InChI is InChI=1S/C21H12Cl2O5S/c22-13-3-1-12(2-4-13)17-9-16(10-18-20(17)28-21(25)29-18)27-19(24)11-26-15-7-5-14(23)6-8-15/h1-10H,11H2. The van der Waals surface area contributed by atoms with Crippen LogP contribution in [0.25, 0.3) is 21.4 Å². The maximum absolute atomic E-state index is 12.2. The van der Waals surface area contributed by atoms with Crippen molar-refractivity contribution in [3.63, 3.8) is 0 Å². The van der Waals surface area contributed by atoms with Crippen LogP contribution in [0.1, 0.15) is 0 Å². The third kappa shape index (κ3) is 4.62. The zero-order valence-corrected chi connectivity index (χ0v) is 17.0. The van der Waals surface area contributed by atoms with Crippen molar-refractivity contribution in [3.05, 3.63) is 80.4 Å². The molecule has 1 heterocycles. The summed E-state index contributed by atoms with van der Waals surface area (Å²) in [5.41, 5.74) is 1.83. The topological polar surface area (TPSA) is 65.7 Å². The molecule has 0 aliphatic heterocycles. The van der Waals surface area contributed by atoms with Crippen LogP contribution in [-0.4, -0.2) is 12.6 Å². The molecule has 29 heavy (non-hydrogen) atoms. The molecule has 0 fully saturated rings. The Kier molecular flexibility index (Phi) is 5.58. The van der Waals surface area contributed by atoms with Crippen molar-refractivity contribution in [2.24, 2.45) is 0 Å². The molecule has 3 aromatic carbocycles. The lowest BCUT2D eigenvalue weighted by Crippen LogP contribution is -2.17. The van der Waals surface area contributed by atoms with Crippen LogP contribution in [0.4, 0.5) is 0 Å². The number of carbonyl (C=O) groups is 1.